The van der Waals surface area contributed by atoms with Gasteiger partial charge in [0.25, 0.3) is 0 Å². The average molecular weight is 216 g/mol. The summed E-state index contributed by atoms with van der Waals surface area (Å²) >= 11 is 0. The number of hydrogen-bond acceptors (Lipinski definition) is 4. The summed E-state index contributed by atoms with van der Waals surface area (Å²) in [4.78, 5) is 25.2. The maximum Gasteiger partial charge on any atom is 0.304 e. The van der Waals surface area contributed by atoms with Crippen LogP contribution in [0.25, 0.3) is 0 Å². The van der Waals surface area contributed by atoms with Gasteiger partial charge >= 0.3 is 5.97 Å². The molecule has 0 aromatic heterocycles. The molecule has 1 N–H and O–H groups in total. The van der Waals surface area contributed by atoms with Crippen LogP contribution in [0.3, 0.4) is 0 Å². The second-order valence-electron chi connectivity index (χ2n) is 3.93. The van der Waals surface area contributed by atoms with Crippen molar-refractivity contribution in [3.8, 4) is 0 Å². The van der Waals surface area contributed by atoms with Crippen LogP contribution in [0.4, 0.5) is 0 Å². The number of carboxylic acid groups (broad SMARTS) is 1. The Labute approximate surface area is 90.7 Å². The summed E-state index contributed by atoms with van der Waals surface area (Å²) in [7, 11) is 3.90. The van der Waals surface area contributed by atoms with E-state index in [1.807, 2.05) is 23.9 Å². The van der Waals surface area contributed by atoms with Crippen LogP contribution in [0.15, 0.2) is 0 Å². The second kappa shape index (κ2) is 7.36. The molecule has 88 valence electrons. The average Bonchev–Trinajstić information content (AvgIpc) is 2.08. The van der Waals surface area contributed by atoms with E-state index in [1.165, 1.54) is 6.92 Å². The maximum absolute atomic E-state index is 10.9. The first-order valence-corrected chi connectivity index (χ1v) is 5.00. The molecule has 0 atom stereocenters. The largest absolute Gasteiger partial charge is 0.481 e. The molecule has 0 aromatic rings. The zero-order valence-electron chi connectivity index (χ0n) is 9.69. The third kappa shape index (κ3) is 9.37. The Morgan fingerprint density at radius 3 is 2.13 bits per heavy atom. The lowest BCUT2D eigenvalue weighted by atomic mass is 10.3. The van der Waals surface area contributed by atoms with E-state index < -0.39 is 5.97 Å². The van der Waals surface area contributed by atoms with Gasteiger partial charge in [0.1, 0.15) is 5.78 Å². The zero-order chi connectivity index (χ0) is 11.8. The molecule has 0 bridgehead atoms. The summed E-state index contributed by atoms with van der Waals surface area (Å²) in [5.41, 5.74) is 0. The normalized spacial score (nSPS) is 11.0. The van der Waals surface area contributed by atoms with Gasteiger partial charge in [-0.3, -0.25) is 14.5 Å². The van der Waals surface area contributed by atoms with Crippen molar-refractivity contribution in [2.45, 2.75) is 13.3 Å². The van der Waals surface area contributed by atoms with Crippen molar-refractivity contribution in [2.24, 2.45) is 0 Å². The number of carbonyl (C=O) groups excluding carboxylic acids is 1. The number of Topliss-reactive ketones (excluding diaryl/α,β-unsaturated/α-hetero) is 1. The summed E-state index contributed by atoms with van der Waals surface area (Å²) in [6.45, 7) is 3.83. The molecule has 0 rings (SSSR count). The van der Waals surface area contributed by atoms with Crippen LogP contribution < -0.4 is 0 Å². The fourth-order valence-electron chi connectivity index (χ4n) is 1.18. The lowest BCUT2D eigenvalue weighted by molar-refractivity contribution is -0.137. The zero-order valence-corrected chi connectivity index (χ0v) is 9.69. The van der Waals surface area contributed by atoms with E-state index >= 15 is 0 Å². The molecule has 0 aliphatic heterocycles. The van der Waals surface area contributed by atoms with E-state index in [0.717, 1.165) is 13.1 Å². The Morgan fingerprint density at radius 1 is 1.13 bits per heavy atom. The molecule has 0 saturated carbocycles. The fourth-order valence-corrected chi connectivity index (χ4v) is 1.18. The van der Waals surface area contributed by atoms with Gasteiger partial charge in [0.05, 0.1) is 13.0 Å². The molecule has 0 unspecified atom stereocenters. The van der Waals surface area contributed by atoms with Crippen LogP contribution in [0.5, 0.6) is 0 Å². The lowest BCUT2D eigenvalue weighted by Gasteiger charge is -2.21. The van der Waals surface area contributed by atoms with Gasteiger partial charge in [-0.25, -0.2) is 0 Å². The van der Waals surface area contributed by atoms with Crippen LogP contribution in [-0.2, 0) is 9.59 Å². The number of carbonyl (C=O) groups is 2. The Kier molecular flexibility index (Phi) is 6.90. The SMILES string of the molecule is CC(=O)CN(CCC(=O)O)CCN(C)C. The Hall–Kier alpha value is -0.940. The molecular formula is C10H20N2O3. The minimum atomic E-state index is -0.826. The lowest BCUT2D eigenvalue weighted by Crippen LogP contribution is -2.36. The number of rotatable bonds is 8. The molecule has 0 radical (unpaired) electrons. The highest BCUT2D eigenvalue weighted by atomic mass is 16.4. The van der Waals surface area contributed by atoms with E-state index in [0.29, 0.717) is 13.1 Å². The summed E-state index contributed by atoms with van der Waals surface area (Å²) < 4.78 is 0. The van der Waals surface area contributed by atoms with E-state index in [-0.39, 0.29) is 12.2 Å². The Bertz CT molecular complexity index is 217. The number of nitrogens with zero attached hydrogens (tertiary/aromatic N) is 2. The summed E-state index contributed by atoms with van der Waals surface area (Å²) in [5, 5.41) is 8.55. The van der Waals surface area contributed by atoms with Crippen LogP contribution in [-0.4, -0.2) is 66.9 Å². The second-order valence-corrected chi connectivity index (χ2v) is 3.93. The quantitative estimate of drug-likeness (QED) is 0.614. The van der Waals surface area contributed by atoms with Crippen molar-refractivity contribution in [1.82, 2.24) is 9.80 Å². The Morgan fingerprint density at radius 2 is 1.73 bits per heavy atom. The monoisotopic (exact) mass is 216 g/mol. The molecule has 0 aliphatic rings. The molecule has 0 amide bonds. The minimum absolute atomic E-state index is 0.0687. The van der Waals surface area contributed by atoms with Crippen molar-refractivity contribution in [3.05, 3.63) is 0 Å². The van der Waals surface area contributed by atoms with Gasteiger partial charge in [-0.1, -0.05) is 0 Å². The van der Waals surface area contributed by atoms with Gasteiger partial charge in [-0.05, 0) is 21.0 Å². The first-order chi connectivity index (χ1) is 6.91. The van der Waals surface area contributed by atoms with Gasteiger partial charge in [0.2, 0.25) is 0 Å². The van der Waals surface area contributed by atoms with Crippen molar-refractivity contribution in [2.75, 3.05) is 40.3 Å². The number of aliphatic carboxylic acids is 1. The van der Waals surface area contributed by atoms with Crippen molar-refractivity contribution in [3.63, 3.8) is 0 Å². The van der Waals surface area contributed by atoms with Crippen molar-refractivity contribution in [1.29, 1.82) is 0 Å². The van der Waals surface area contributed by atoms with E-state index in [1.54, 1.807) is 0 Å². The highest BCUT2D eigenvalue weighted by Gasteiger charge is 2.09. The predicted molar refractivity (Wildman–Crippen MR) is 57.9 cm³/mol. The molecule has 15 heavy (non-hydrogen) atoms. The number of carboxylic acids is 1. The van der Waals surface area contributed by atoms with Crippen molar-refractivity contribution >= 4 is 11.8 Å². The van der Waals surface area contributed by atoms with E-state index in [4.69, 9.17) is 5.11 Å². The van der Waals surface area contributed by atoms with Crippen LogP contribution >= 0.6 is 0 Å². The predicted octanol–water partition coefficient (Wildman–Crippen LogP) is -0.0863. The standard InChI is InChI=1S/C10H20N2O3/c1-9(13)8-12(5-4-10(14)15)7-6-11(2)3/h4-8H2,1-3H3,(H,14,15). The van der Waals surface area contributed by atoms with Gasteiger partial charge < -0.3 is 10.0 Å². The molecule has 0 aliphatic carbocycles. The minimum Gasteiger partial charge on any atom is -0.481 e. The summed E-state index contributed by atoms with van der Waals surface area (Å²) in [6, 6.07) is 0. The van der Waals surface area contributed by atoms with Gasteiger partial charge in [0, 0.05) is 19.6 Å². The third-order valence-electron chi connectivity index (χ3n) is 1.95. The van der Waals surface area contributed by atoms with Crippen LogP contribution in [0.2, 0.25) is 0 Å². The molecule has 0 saturated heterocycles. The molecule has 0 fully saturated rings. The molecular weight excluding hydrogens is 196 g/mol. The fraction of sp³-hybridized carbons (Fsp3) is 0.800. The number of hydrogen-bond donors (Lipinski definition) is 1. The summed E-state index contributed by atoms with van der Waals surface area (Å²) in [5.74, 6) is -0.757. The van der Waals surface area contributed by atoms with Gasteiger partial charge in [-0.15, -0.1) is 0 Å². The topological polar surface area (TPSA) is 60.9 Å². The first kappa shape index (κ1) is 14.1. The third-order valence-corrected chi connectivity index (χ3v) is 1.95. The first-order valence-electron chi connectivity index (χ1n) is 5.00. The maximum atomic E-state index is 10.9. The molecule has 5 heteroatoms. The van der Waals surface area contributed by atoms with Crippen LogP contribution in [0, 0.1) is 0 Å². The van der Waals surface area contributed by atoms with Crippen molar-refractivity contribution < 1.29 is 14.7 Å². The highest BCUT2D eigenvalue weighted by molar-refractivity contribution is 5.77. The van der Waals surface area contributed by atoms with Gasteiger partial charge in [-0.2, -0.15) is 0 Å². The molecule has 5 nitrogen and oxygen atoms in total. The molecule has 0 heterocycles. The summed E-state index contributed by atoms with van der Waals surface area (Å²) in [6.07, 6.45) is 0.0840. The molecule has 0 aromatic carbocycles. The number of ketones is 1. The highest BCUT2D eigenvalue weighted by Crippen LogP contribution is 1.93. The van der Waals surface area contributed by atoms with E-state index in [9.17, 15) is 9.59 Å². The number of likely N-dealkylation sites (N-methyl/N-ethyl adjacent to an activating group) is 1. The van der Waals surface area contributed by atoms with E-state index in [2.05, 4.69) is 0 Å². The smallest absolute Gasteiger partial charge is 0.304 e. The van der Waals surface area contributed by atoms with Crippen LogP contribution in [0.1, 0.15) is 13.3 Å². The molecule has 0 spiro atoms. The van der Waals surface area contributed by atoms with Gasteiger partial charge in [0.15, 0.2) is 0 Å². The Balaban J connectivity index is 3.94.